The number of carbonyl (C=O) groups excluding carboxylic acids is 1. The van der Waals surface area contributed by atoms with Crippen LogP contribution in [0.5, 0.6) is 5.75 Å². The van der Waals surface area contributed by atoms with Crippen molar-refractivity contribution in [1.82, 2.24) is 0 Å². The average molecular weight is 416 g/mol. The number of nitrogens with one attached hydrogen (secondary N) is 1. The van der Waals surface area contributed by atoms with Gasteiger partial charge < -0.3 is 10.1 Å². The normalized spacial score (nSPS) is 10.2. The molecule has 1 N–H and O–H groups in total. The van der Waals surface area contributed by atoms with Crippen molar-refractivity contribution >= 4 is 45.8 Å². The summed E-state index contributed by atoms with van der Waals surface area (Å²) in [5, 5.41) is 3.25. The zero-order valence-electron chi connectivity index (χ0n) is 11.5. The van der Waals surface area contributed by atoms with E-state index in [4.69, 9.17) is 16.3 Å². The van der Waals surface area contributed by atoms with Gasteiger partial charge in [-0.05, 0) is 64.9 Å². The lowest BCUT2D eigenvalue weighted by molar-refractivity contribution is -0.118. The predicted octanol–water partition coefficient (Wildman–Crippen LogP) is 4.52. The number of hydrogen-bond acceptors (Lipinski definition) is 2. The predicted molar refractivity (Wildman–Crippen MR) is 94.1 cm³/mol. The Balaban J connectivity index is 1.89. The Labute approximate surface area is 142 Å². The molecule has 0 atom stereocenters. The number of ether oxygens (including phenoxy) is 1. The second-order valence-electron chi connectivity index (χ2n) is 4.46. The van der Waals surface area contributed by atoms with Gasteiger partial charge in [0, 0.05) is 3.57 Å². The standard InChI is InChI=1S/C16H15ClINO2/c1-2-11-3-6-13(7-4-11)21-10-16(20)19-15-8-5-12(18)9-14(15)17/h3-9H,2,10H2,1H3,(H,19,20). The Bertz CT molecular complexity index is 629. The van der Waals surface area contributed by atoms with Crippen LogP contribution < -0.4 is 10.1 Å². The Kier molecular flexibility index (Phi) is 5.87. The number of amides is 1. The van der Waals surface area contributed by atoms with E-state index < -0.39 is 0 Å². The van der Waals surface area contributed by atoms with Gasteiger partial charge in [0.1, 0.15) is 5.75 Å². The Morgan fingerprint density at radius 1 is 1.24 bits per heavy atom. The smallest absolute Gasteiger partial charge is 0.262 e. The SMILES string of the molecule is CCc1ccc(OCC(=O)Nc2ccc(I)cc2Cl)cc1. The molecular formula is C16H15ClINO2. The summed E-state index contributed by atoms with van der Waals surface area (Å²) in [6.45, 7) is 2.04. The molecule has 2 aromatic rings. The minimum absolute atomic E-state index is 0.0478. The van der Waals surface area contributed by atoms with Crippen molar-refractivity contribution in [1.29, 1.82) is 0 Å². The zero-order chi connectivity index (χ0) is 15.2. The number of hydrogen-bond donors (Lipinski definition) is 1. The van der Waals surface area contributed by atoms with Gasteiger partial charge in [-0.2, -0.15) is 0 Å². The molecular weight excluding hydrogens is 401 g/mol. The van der Waals surface area contributed by atoms with E-state index in [9.17, 15) is 4.79 Å². The largest absolute Gasteiger partial charge is 0.484 e. The minimum atomic E-state index is -0.238. The third-order valence-corrected chi connectivity index (χ3v) is 3.89. The van der Waals surface area contributed by atoms with Gasteiger partial charge in [0.15, 0.2) is 6.61 Å². The number of anilines is 1. The molecule has 2 rings (SSSR count). The zero-order valence-corrected chi connectivity index (χ0v) is 14.4. The van der Waals surface area contributed by atoms with Crippen LogP contribution in [-0.2, 0) is 11.2 Å². The molecule has 0 fully saturated rings. The van der Waals surface area contributed by atoms with Gasteiger partial charge in [0.05, 0.1) is 10.7 Å². The summed E-state index contributed by atoms with van der Waals surface area (Å²) in [7, 11) is 0. The molecule has 21 heavy (non-hydrogen) atoms. The van der Waals surface area contributed by atoms with Crippen molar-refractivity contribution in [3.05, 3.63) is 56.6 Å². The van der Waals surface area contributed by atoms with Gasteiger partial charge in [-0.25, -0.2) is 0 Å². The molecule has 110 valence electrons. The first-order valence-electron chi connectivity index (χ1n) is 6.55. The van der Waals surface area contributed by atoms with Crippen LogP contribution in [0.15, 0.2) is 42.5 Å². The Morgan fingerprint density at radius 2 is 1.95 bits per heavy atom. The van der Waals surface area contributed by atoms with Crippen molar-refractivity contribution in [2.75, 3.05) is 11.9 Å². The number of rotatable bonds is 5. The van der Waals surface area contributed by atoms with Crippen LogP contribution in [0.25, 0.3) is 0 Å². The Morgan fingerprint density at radius 3 is 2.57 bits per heavy atom. The summed E-state index contributed by atoms with van der Waals surface area (Å²) >= 11 is 8.23. The molecule has 0 aromatic heterocycles. The van der Waals surface area contributed by atoms with Gasteiger partial charge in [-0.1, -0.05) is 30.7 Å². The van der Waals surface area contributed by atoms with Gasteiger partial charge in [-0.15, -0.1) is 0 Å². The topological polar surface area (TPSA) is 38.3 Å². The summed E-state index contributed by atoms with van der Waals surface area (Å²) in [4.78, 5) is 11.8. The second-order valence-corrected chi connectivity index (χ2v) is 6.11. The van der Waals surface area contributed by atoms with E-state index in [1.165, 1.54) is 5.56 Å². The molecule has 0 aliphatic heterocycles. The van der Waals surface area contributed by atoms with E-state index in [0.29, 0.717) is 16.5 Å². The van der Waals surface area contributed by atoms with Gasteiger partial charge >= 0.3 is 0 Å². The molecule has 3 nitrogen and oxygen atoms in total. The third-order valence-electron chi connectivity index (χ3n) is 2.91. The van der Waals surface area contributed by atoms with Gasteiger partial charge in [0.25, 0.3) is 5.91 Å². The highest BCUT2D eigenvalue weighted by atomic mass is 127. The number of aryl methyl sites for hydroxylation is 1. The lowest BCUT2D eigenvalue weighted by Crippen LogP contribution is -2.20. The highest BCUT2D eigenvalue weighted by Gasteiger charge is 2.07. The van der Waals surface area contributed by atoms with E-state index in [-0.39, 0.29) is 12.5 Å². The van der Waals surface area contributed by atoms with Crippen molar-refractivity contribution in [3.8, 4) is 5.75 Å². The van der Waals surface area contributed by atoms with Crippen LogP contribution in [0.2, 0.25) is 5.02 Å². The van der Waals surface area contributed by atoms with Crippen molar-refractivity contribution in [3.63, 3.8) is 0 Å². The van der Waals surface area contributed by atoms with E-state index in [0.717, 1.165) is 9.99 Å². The van der Waals surface area contributed by atoms with Crippen LogP contribution >= 0.6 is 34.2 Å². The maximum atomic E-state index is 11.8. The van der Waals surface area contributed by atoms with Gasteiger partial charge in [0.2, 0.25) is 0 Å². The summed E-state index contributed by atoms with van der Waals surface area (Å²) < 4.78 is 6.46. The third kappa shape index (κ3) is 4.89. The summed E-state index contributed by atoms with van der Waals surface area (Å²) in [6.07, 6.45) is 0.978. The molecule has 0 radical (unpaired) electrons. The number of carbonyl (C=O) groups is 1. The number of benzene rings is 2. The first-order chi connectivity index (χ1) is 10.1. The molecule has 0 heterocycles. The highest BCUT2D eigenvalue weighted by Crippen LogP contribution is 2.23. The van der Waals surface area contributed by atoms with Crippen molar-refractivity contribution < 1.29 is 9.53 Å². The summed E-state index contributed by atoms with van der Waals surface area (Å²) in [6, 6.07) is 13.2. The van der Waals surface area contributed by atoms with Crippen molar-refractivity contribution in [2.45, 2.75) is 13.3 Å². The first kappa shape index (κ1) is 16.1. The molecule has 0 bridgehead atoms. The minimum Gasteiger partial charge on any atom is -0.484 e. The van der Waals surface area contributed by atoms with Crippen LogP contribution in [-0.4, -0.2) is 12.5 Å². The molecule has 0 aliphatic rings. The molecule has 2 aromatic carbocycles. The van der Waals surface area contributed by atoms with Crippen LogP contribution in [0.1, 0.15) is 12.5 Å². The molecule has 1 amide bonds. The van der Waals surface area contributed by atoms with E-state index in [2.05, 4.69) is 34.8 Å². The molecule has 0 unspecified atom stereocenters. The number of halogens is 2. The monoisotopic (exact) mass is 415 g/mol. The van der Waals surface area contributed by atoms with Gasteiger partial charge in [-0.3, -0.25) is 4.79 Å². The second kappa shape index (κ2) is 7.66. The Hall–Kier alpha value is -1.27. The molecule has 0 saturated carbocycles. The summed E-state index contributed by atoms with van der Waals surface area (Å²) in [5.41, 5.74) is 1.82. The maximum absolute atomic E-state index is 11.8. The molecule has 5 heteroatoms. The van der Waals surface area contributed by atoms with Crippen LogP contribution in [0, 0.1) is 3.57 Å². The maximum Gasteiger partial charge on any atom is 0.262 e. The highest BCUT2D eigenvalue weighted by molar-refractivity contribution is 14.1. The quantitative estimate of drug-likeness (QED) is 0.729. The molecule has 0 spiro atoms. The van der Waals surface area contributed by atoms with E-state index in [1.807, 2.05) is 30.3 Å². The van der Waals surface area contributed by atoms with E-state index in [1.54, 1.807) is 12.1 Å². The molecule has 0 saturated heterocycles. The lowest BCUT2D eigenvalue weighted by Gasteiger charge is -2.09. The first-order valence-corrected chi connectivity index (χ1v) is 8.01. The van der Waals surface area contributed by atoms with Crippen LogP contribution in [0.4, 0.5) is 5.69 Å². The fraction of sp³-hybridized carbons (Fsp3) is 0.188. The molecule has 0 aliphatic carbocycles. The summed E-state index contributed by atoms with van der Waals surface area (Å²) in [5.74, 6) is 0.439. The fourth-order valence-electron chi connectivity index (χ4n) is 1.75. The van der Waals surface area contributed by atoms with E-state index >= 15 is 0 Å². The average Bonchev–Trinajstić information content (AvgIpc) is 2.48. The van der Waals surface area contributed by atoms with Crippen molar-refractivity contribution in [2.24, 2.45) is 0 Å². The lowest BCUT2D eigenvalue weighted by atomic mass is 10.2. The van der Waals surface area contributed by atoms with Crippen LogP contribution in [0.3, 0.4) is 0 Å². The fourth-order valence-corrected chi connectivity index (χ4v) is 2.65.